The van der Waals surface area contributed by atoms with Crippen LogP contribution in [0, 0.1) is 17.3 Å². The van der Waals surface area contributed by atoms with Gasteiger partial charge in [-0.3, -0.25) is 4.79 Å². The second-order valence-corrected chi connectivity index (χ2v) is 9.82. The number of carbonyl (C=O) groups excluding carboxylic acids is 1. The van der Waals surface area contributed by atoms with E-state index in [9.17, 15) is 4.79 Å². The molecule has 1 aliphatic heterocycles. The van der Waals surface area contributed by atoms with Crippen molar-refractivity contribution in [3.05, 3.63) is 35.9 Å². The highest BCUT2D eigenvalue weighted by molar-refractivity contribution is 6.45. The summed E-state index contributed by atoms with van der Waals surface area (Å²) in [6.07, 6.45) is 3.85. The Bertz CT molecular complexity index is 726. The molecule has 1 heterocycles. The molecule has 2 bridgehead atoms. The lowest BCUT2D eigenvalue weighted by Crippen LogP contribution is -2.65. The van der Waals surface area contributed by atoms with E-state index in [2.05, 4.69) is 38.2 Å². The van der Waals surface area contributed by atoms with Gasteiger partial charge in [-0.15, -0.1) is 0 Å². The van der Waals surface area contributed by atoms with Gasteiger partial charge in [0.05, 0.1) is 17.7 Å². The molecule has 6 heteroatoms. The van der Waals surface area contributed by atoms with Crippen LogP contribution in [0.3, 0.4) is 0 Å². The molecule has 1 aromatic rings. The highest BCUT2D eigenvalue weighted by atomic mass is 16.7. The maximum atomic E-state index is 12.3. The largest absolute Gasteiger partial charge is 0.459 e. The molecule has 3 saturated carbocycles. The van der Waals surface area contributed by atoms with Crippen LogP contribution < -0.4 is 11.1 Å². The van der Waals surface area contributed by atoms with E-state index >= 15 is 0 Å². The van der Waals surface area contributed by atoms with E-state index in [0.29, 0.717) is 17.7 Å². The standard InChI is InChI=1S/C22H33BN2O3/c1-14(24)20(26)25-17(10-15-8-6-5-7-9-15)13-23-27-19-12-16-11-18(21(16,2)3)22(19,4)28-23/h5-9,14,16-19H,10-13,24H2,1-4H3,(H,25,26)/t14-,16?,17+,18?,19?,22+/m0/s1. The fourth-order valence-electron chi connectivity index (χ4n) is 5.71. The molecule has 0 spiro atoms. The molecule has 1 amide bonds. The van der Waals surface area contributed by atoms with Gasteiger partial charge in [-0.1, -0.05) is 44.2 Å². The van der Waals surface area contributed by atoms with Crippen LogP contribution in [-0.2, 0) is 20.5 Å². The van der Waals surface area contributed by atoms with Crippen LogP contribution in [0.25, 0.3) is 0 Å². The first-order valence-corrected chi connectivity index (χ1v) is 10.6. The fraction of sp³-hybridized carbons (Fsp3) is 0.682. The number of benzene rings is 1. The second-order valence-electron chi connectivity index (χ2n) is 9.82. The molecular formula is C22H33BN2O3. The second kappa shape index (κ2) is 7.15. The van der Waals surface area contributed by atoms with Gasteiger partial charge in [0.15, 0.2) is 0 Å². The van der Waals surface area contributed by atoms with Crippen LogP contribution in [0.4, 0.5) is 0 Å². The highest BCUT2D eigenvalue weighted by Gasteiger charge is 2.67. The van der Waals surface area contributed by atoms with Crippen molar-refractivity contribution < 1.29 is 14.1 Å². The van der Waals surface area contributed by atoms with Gasteiger partial charge in [0, 0.05) is 12.4 Å². The minimum atomic E-state index is -0.531. The molecule has 1 aromatic carbocycles. The van der Waals surface area contributed by atoms with E-state index in [1.807, 2.05) is 18.2 Å². The van der Waals surface area contributed by atoms with Crippen molar-refractivity contribution in [2.45, 2.75) is 77.1 Å². The highest BCUT2D eigenvalue weighted by Crippen LogP contribution is 2.65. The minimum Gasteiger partial charge on any atom is -0.405 e. The molecule has 4 fully saturated rings. The molecule has 5 nitrogen and oxygen atoms in total. The third kappa shape index (κ3) is 3.40. The van der Waals surface area contributed by atoms with E-state index in [-0.39, 0.29) is 30.8 Å². The molecule has 5 rings (SSSR count). The van der Waals surface area contributed by atoms with Crippen molar-refractivity contribution in [3.8, 4) is 0 Å². The maximum absolute atomic E-state index is 12.3. The van der Waals surface area contributed by atoms with Crippen LogP contribution in [0.1, 0.15) is 46.1 Å². The van der Waals surface area contributed by atoms with Crippen LogP contribution in [0.2, 0.25) is 6.32 Å². The Morgan fingerprint density at radius 2 is 2.00 bits per heavy atom. The Morgan fingerprint density at radius 1 is 1.29 bits per heavy atom. The molecule has 152 valence electrons. The summed E-state index contributed by atoms with van der Waals surface area (Å²) in [5.74, 6) is 1.14. The molecule has 3 aliphatic carbocycles. The number of amides is 1. The Hall–Kier alpha value is -1.37. The number of rotatable bonds is 6. The predicted molar refractivity (Wildman–Crippen MR) is 111 cm³/mol. The van der Waals surface area contributed by atoms with Crippen LogP contribution in [0.5, 0.6) is 0 Å². The molecule has 4 aliphatic rings. The number of nitrogens with two attached hydrogens (primary N) is 1. The molecule has 6 atom stereocenters. The van der Waals surface area contributed by atoms with Gasteiger partial charge in [-0.05, 0) is 55.9 Å². The monoisotopic (exact) mass is 384 g/mol. The Balaban J connectivity index is 1.46. The summed E-state index contributed by atoms with van der Waals surface area (Å²) in [7, 11) is -0.285. The van der Waals surface area contributed by atoms with Gasteiger partial charge < -0.3 is 20.4 Å². The zero-order chi connectivity index (χ0) is 20.1. The van der Waals surface area contributed by atoms with Gasteiger partial charge in [0.25, 0.3) is 0 Å². The van der Waals surface area contributed by atoms with Crippen LogP contribution in [0.15, 0.2) is 30.3 Å². The molecule has 1 saturated heterocycles. The maximum Gasteiger partial charge on any atom is 0.459 e. The summed E-state index contributed by atoms with van der Waals surface area (Å²) in [5.41, 5.74) is 7.08. The lowest BCUT2D eigenvalue weighted by atomic mass is 9.43. The first kappa shape index (κ1) is 19.9. The summed E-state index contributed by atoms with van der Waals surface area (Å²) >= 11 is 0. The molecule has 0 radical (unpaired) electrons. The van der Waals surface area contributed by atoms with Gasteiger partial charge in [-0.2, -0.15) is 0 Å². The molecule has 28 heavy (non-hydrogen) atoms. The first-order valence-electron chi connectivity index (χ1n) is 10.6. The van der Waals surface area contributed by atoms with Crippen LogP contribution >= 0.6 is 0 Å². The Kier molecular flexibility index (Phi) is 5.09. The van der Waals surface area contributed by atoms with E-state index in [1.54, 1.807) is 6.92 Å². The van der Waals surface area contributed by atoms with Crippen molar-refractivity contribution in [2.24, 2.45) is 23.0 Å². The SMILES string of the molecule is C[C@H](N)C(=O)N[C@@H](CB1OC2CC3CC(C3(C)C)[C@@]2(C)O1)Cc1ccccc1. The van der Waals surface area contributed by atoms with E-state index < -0.39 is 6.04 Å². The quantitative estimate of drug-likeness (QED) is 0.740. The average molecular weight is 384 g/mol. The Morgan fingerprint density at radius 3 is 2.64 bits per heavy atom. The van der Waals surface area contributed by atoms with E-state index in [0.717, 1.165) is 18.8 Å². The van der Waals surface area contributed by atoms with Crippen molar-refractivity contribution in [2.75, 3.05) is 0 Å². The molecule has 0 aromatic heterocycles. The average Bonchev–Trinajstić information content (AvgIpc) is 2.97. The zero-order valence-corrected chi connectivity index (χ0v) is 17.5. The van der Waals surface area contributed by atoms with Gasteiger partial charge in [0.2, 0.25) is 5.91 Å². The summed E-state index contributed by atoms with van der Waals surface area (Å²) in [6, 6.07) is 9.61. The van der Waals surface area contributed by atoms with Crippen LogP contribution in [-0.4, -0.2) is 36.8 Å². The summed E-state index contributed by atoms with van der Waals surface area (Å²) in [4.78, 5) is 12.3. The lowest BCUT2D eigenvalue weighted by molar-refractivity contribution is -0.199. The number of hydrogen-bond donors (Lipinski definition) is 2. The third-order valence-corrected chi connectivity index (χ3v) is 7.56. The summed E-state index contributed by atoms with van der Waals surface area (Å²) < 4.78 is 12.9. The van der Waals surface area contributed by atoms with E-state index in [4.69, 9.17) is 15.0 Å². The van der Waals surface area contributed by atoms with Crippen molar-refractivity contribution in [3.63, 3.8) is 0 Å². The van der Waals surface area contributed by atoms with Crippen molar-refractivity contribution in [1.29, 1.82) is 0 Å². The fourth-order valence-corrected chi connectivity index (χ4v) is 5.71. The van der Waals surface area contributed by atoms with Crippen molar-refractivity contribution in [1.82, 2.24) is 5.32 Å². The molecule has 3 unspecified atom stereocenters. The molecular weight excluding hydrogens is 351 g/mol. The van der Waals surface area contributed by atoms with Gasteiger partial charge in [0.1, 0.15) is 0 Å². The molecule has 3 N–H and O–H groups in total. The zero-order valence-electron chi connectivity index (χ0n) is 17.5. The lowest BCUT2D eigenvalue weighted by Gasteiger charge is -2.64. The van der Waals surface area contributed by atoms with Crippen molar-refractivity contribution >= 4 is 13.0 Å². The summed E-state index contributed by atoms with van der Waals surface area (Å²) in [5, 5.41) is 3.10. The van der Waals surface area contributed by atoms with Gasteiger partial charge in [-0.25, -0.2) is 0 Å². The third-order valence-electron chi connectivity index (χ3n) is 7.56. The first-order chi connectivity index (χ1) is 13.2. The normalized spacial score (nSPS) is 34.9. The number of nitrogens with one attached hydrogen (secondary N) is 1. The Labute approximate surface area is 168 Å². The smallest absolute Gasteiger partial charge is 0.405 e. The predicted octanol–water partition coefficient (Wildman–Crippen LogP) is 2.79. The minimum absolute atomic E-state index is 0.0716. The number of hydrogen-bond acceptors (Lipinski definition) is 4. The van der Waals surface area contributed by atoms with Gasteiger partial charge >= 0.3 is 7.12 Å². The number of carbonyl (C=O) groups is 1. The topological polar surface area (TPSA) is 73.6 Å². The summed E-state index contributed by atoms with van der Waals surface area (Å²) in [6.45, 7) is 8.67. The van der Waals surface area contributed by atoms with E-state index in [1.165, 1.54) is 12.0 Å².